The Morgan fingerprint density at radius 3 is 2.89 bits per heavy atom. The van der Waals surface area contributed by atoms with Crippen molar-refractivity contribution >= 4 is 34.3 Å². The number of hydrogen-bond donors (Lipinski definition) is 2. The average Bonchev–Trinajstić information content (AvgIpc) is 2.43. The van der Waals surface area contributed by atoms with Crippen molar-refractivity contribution in [2.45, 2.75) is 11.1 Å². The maximum atomic E-state index is 9.31. The summed E-state index contributed by atoms with van der Waals surface area (Å²) in [6.07, 6.45) is -0.793. The molecule has 0 amide bonds. The molecule has 0 aliphatic carbocycles. The zero-order valence-corrected chi connectivity index (χ0v) is 11.4. The largest absolute Gasteiger partial charge is 0.394 e. The maximum Gasteiger partial charge on any atom is 0.0999 e. The highest BCUT2D eigenvalue weighted by Gasteiger charge is 2.09. The fraction of sp³-hybridized carbons (Fsp3) is 0.231. The molecule has 1 aromatic carbocycles. The van der Waals surface area contributed by atoms with Crippen LogP contribution >= 0.6 is 23.4 Å². The highest BCUT2D eigenvalue weighted by molar-refractivity contribution is 7.99. The molecule has 2 rings (SSSR count). The van der Waals surface area contributed by atoms with Gasteiger partial charge >= 0.3 is 0 Å². The minimum absolute atomic E-state index is 0.290. The molecule has 1 atom stereocenters. The molecule has 1 heterocycles. The van der Waals surface area contributed by atoms with Crippen molar-refractivity contribution in [3.63, 3.8) is 0 Å². The Morgan fingerprint density at radius 1 is 1.42 bits per heavy atom. The smallest absolute Gasteiger partial charge is 0.0999 e. The molecule has 0 aliphatic rings. The van der Waals surface area contributed by atoms with Gasteiger partial charge in [0, 0.05) is 16.2 Å². The number of halogens is 1. The zero-order valence-electron chi connectivity index (χ0n) is 9.88. The van der Waals surface area contributed by atoms with Gasteiger partial charge in [0.1, 0.15) is 0 Å². The molecule has 0 spiro atoms. The minimum Gasteiger partial charge on any atom is -0.394 e. The molecule has 98 valence electrons. The predicted molar refractivity (Wildman–Crippen MR) is 75.3 cm³/mol. The van der Waals surface area contributed by atoms with Crippen molar-refractivity contribution in [3.05, 3.63) is 34.9 Å². The molecule has 0 aliphatic heterocycles. The van der Waals surface area contributed by atoms with Crippen molar-refractivity contribution in [3.8, 4) is 6.07 Å². The molecule has 0 saturated carbocycles. The molecule has 1 aromatic heterocycles. The summed E-state index contributed by atoms with van der Waals surface area (Å²) in [7, 11) is 0. The van der Waals surface area contributed by atoms with Crippen LogP contribution in [0.25, 0.3) is 10.9 Å². The number of nitrogens with zero attached hydrogens (tertiary/aromatic N) is 2. The zero-order chi connectivity index (χ0) is 13.8. The number of pyridine rings is 1. The van der Waals surface area contributed by atoms with Crippen LogP contribution in [0.4, 0.5) is 0 Å². The number of benzene rings is 1. The molecule has 0 bridgehead atoms. The Kier molecular flexibility index (Phi) is 4.61. The van der Waals surface area contributed by atoms with E-state index in [1.165, 1.54) is 11.8 Å². The quantitative estimate of drug-likeness (QED) is 0.845. The molecular weight excluding hydrogens is 284 g/mol. The van der Waals surface area contributed by atoms with E-state index in [9.17, 15) is 5.11 Å². The Hall–Kier alpha value is -1.32. The lowest BCUT2D eigenvalue weighted by molar-refractivity contribution is 0.113. The molecule has 0 fully saturated rings. The molecular formula is C13H11ClN2O2S. The fourth-order valence-electron chi connectivity index (χ4n) is 1.57. The van der Waals surface area contributed by atoms with E-state index in [0.717, 1.165) is 0 Å². The Labute approximate surface area is 119 Å². The minimum atomic E-state index is -0.793. The van der Waals surface area contributed by atoms with Crippen LogP contribution in [-0.4, -0.2) is 33.7 Å². The lowest BCUT2D eigenvalue weighted by Crippen LogP contribution is -2.14. The van der Waals surface area contributed by atoms with Gasteiger partial charge in [0.25, 0.3) is 0 Å². The van der Waals surface area contributed by atoms with Crippen molar-refractivity contribution in [2.24, 2.45) is 0 Å². The van der Waals surface area contributed by atoms with Gasteiger partial charge in [0.05, 0.1) is 34.9 Å². The van der Waals surface area contributed by atoms with Gasteiger partial charge < -0.3 is 10.2 Å². The first-order chi connectivity index (χ1) is 9.13. The predicted octanol–water partition coefficient (Wildman–Crippen LogP) is 2.21. The number of fused-ring (bicyclic) bond motifs is 1. The monoisotopic (exact) mass is 294 g/mol. The summed E-state index contributed by atoms with van der Waals surface area (Å²) in [4.78, 5) is 4.39. The van der Waals surface area contributed by atoms with Crippen LogP contribution in [0.15, 0.2) is 29.3 Å². The van der Waals surface area contributed by atoms with Gasteiger partial charge in [-0.15, -0.1) is 11.8 Å². The highest BCUT2D eigenvalue weighted by Crippen LogP contribution is 2.26. The van der Waals surface area contributed by atoms with Crippen molar-refractivity contribution in [1.82, 2.24) is 4.98 Å². The van der Waals surface area contributed by atoms with Crippen molar-refractivity contribution < 1.29 is 10.2 Å². The fourth-order valence-corrected chi connectivity index (χ4v) is 2.58. The molecule has 4 nitrogen and oxygen atoms in total. The van der Waals surface area contributed by atoms with Gasteiger partial charge in [-0.1, -0.05) is 11.6 Å². The van der Waals surface area contributed by atoms with Gasteiger partial charge in [-0.3, -0.25) is 0 Å². The first-order valence-electron chi connectivity index (χ1n) is 5.56. The van der Waals surface area contributed by atoms with Gasteiger partial charge in [0.2, 0.25) is 0 Å². The van der Waals surface area contributed by atoms with Gasteiger partial charge in [-0.05, 0) is 24.3 Å². The van der Waals surface area contributed by atoms with Crippen molar-refractivity contribution in [2.75, 3.05) is 12.4 Å². The first kappa shape index (κ1) is 14.1. The van der Waals surface area contributed by atoms with Crippen LogP contribution in [0.3, 0.4) is 0 Å². The van der Waals surface area contributed by atoms with Crippen LogP contribution in [-0.2, 0) is 0 Å². The molecule has 19 heavy (non-hydrogen) atoms. The Morgan fingerprint density at radius 2 is 2.21 bits per heavy atom. The van der Waals surface area contributed by atoms with E-state index in [4.69, 9.17) is 22.0 Å². The van der Waals surface area contributed by atoms with E-state index in [1.54, 1.807) is 24.3 Å². The van der Waals surface area contributed by atoms with E-state index < -0.39 is 6.10 Å². The average molecular weight is 295 g/mol. The summed E-state index contributed by atoms with van der Waals surface area (Å²) in [5.74, 6) is 0.327. The summed E-state index contributed by atoms with van der Waals surface area (Å²) in [5, 5.41) is 29.1. The van der Waals surface area contributed by atoms with Crippen LogP contribution in [0.5, 0.6) is 0 Å². The van der Waals surface area contributed by atoms with E-state index in [0.29, 0.717) is 32.3 Å². The summed E-state index contributed by atoms with van der Waals surface area (Å²) in [6.45, 7) is -0.290. The lowest BCUT2D eigenvalue weighted by Gasteiger charge is -2.08. The van der Waals surface area contributed by atoms with E-state index in [-0.39, 0.29) is 6.61 Å². The van der Waals surface area contributed by atoms with Crippen LogP contribution in [0.2, 0.25) is 5.02 Å². The first-order valence-corrected chi connectivity index (χ1v) is 6.92. The molecule has 0 radical (unpaired) electrons. The second kappa shape index (κ2) is 6.22. The van der Waals surface area contributed by atoms with Gasteiger partial charge in [-0.25, -0.2) is 4.98 Å². The topological polar surface area (TPSA) is 77.1 Å². The second-order valence-electron chi connectivity index (χ2n) is 3.93. The molecule has 2 aromatic rings. The molecule has 0 unspecified atom stereocenters. The highest BCUT2D eigenvalue weighted by atomic mass is 35.5. The van der Waals surface area contributed by atoms with Crippen LogP contribution in [0, 0.1) is 11.3 Å². The SMILES string of the molecule is N#Cc1cc(SC[C@@H](O)CO)nc2ccc(Cl)cc12. The third-order valence-corrected chi connectivity index (χ3v) is 3.79. The van der Waals surface area contributed by atoms with E-state index in [1.807, 2.05) is 0 Å². The van der Waals surface area contributed by atoms with Crippen molar-refractivity contribution in [1.29, 1.82) is 5.26 Å². The number of hydrogen-bond acceptors (Lipinski definition) is 5. The lowest BCUT2D eigenvalue weighted by atomic mass is 10.1. The number of thioether (sulfide) groups is 1. The van der Waals surface area contributed by atoms with E-state index in [2.05, 4.69) is 11.1 Å². The Balaban J connectivity index is 2.37. The second-order valence-corrected chi connectivity index (χ2v) is 5.41. The summed E-state index contributed by atoms with van der Waals surface area (Å²) in [5.41, 5.74) is 1.18. The number of aromatic nitrogens is 1. The summed E-state index contributed by atoms with van der Waals surface area (Å²) in [6, 6.07) is 8.96. The van der Waals surface area contributed by atoms with Crippen LogP contribution in [0.1, 0.15) is 5.56 Å². The third-order valence-electron chi connectivity index (χ3n) is 2.50. The standard InChI is InChI=1S/C13H11ClN2O2S/c14-9-1-2-12-11(4-9)8(5-15)3-13(16-12)19-7-10(18)6-17/h1-4,10,17-18H,6-7H2/t10-/m0/s1. The number of aliphatic hydroxyl groups is 2. The Bertz CT molecular complexity index is 642. The number of aliphatic hydroxyl groups excluding tert-OH is 2. The normalized spacial score (nSPS) is 12.3. The molecule has 0 saturated heterocycles. The summed E-state index contributed by atoms with van der Waals surface area (Å²) >= 11 is 7.20. The molecule has 6 heteroatoms. The van der Waals surface area contributed by atoms with Crippen LogP contribution < -0.4 is 0 Å². The molecule has 2 N–H and O–H groups in total. The number of nitriles is 1. The van der Waals surface area contributed by atoms with Gasteiger partial charge in [-0.2, -0.15) is 5.26 Å². The number of rotatable bonds is 4. The third kappa shape index (κ3) is 3.37. The summed E-state index contributed by atoms with van der Waals surface area (Å²) < 4.78 is 0. The van der Waals surface area contributed by atoms with Gasteiger partial charge in [0.15, 0.2) is 0 Å². The maximum absolute atomic E-state index is 9.31. The van der Waals surface area contributed by atoms with E-state index >= 15 is 0 Å².